The molecule has 0 radical (unpaired) electrons. The number of rotatable bonds is 12. The third-order valence-electron chi connectivity index (χ3n) is 2.81. The molecular weight excluding hydrogens is 296 g/mol. The van der Waals surface area contributed by atoms with E-state index in [2.05, 4.69) is 6.92 Å². The van der Waals surface area contributed by atoms with Crippen molar-refractivity contribution in [2.24, 2.45) is 0 Å². The predicted molar refractivity (Wildman–Crippen MR) is 82.0 cm³/mol. The Kier molecular flexibility index (Phi) is 10.1. The molecule has 0 aliphatic rings. The lowest BCUT2D eigenvalue weighted by Gasteiger charge is -2.34. The van der Waals surface area contributed by atoms with Crippen LogP contribution in [-0.2, 0) is 13.3 Å². The van der Waals surface area contributed by atoms with Crippen LogP contribution in [0.2, 0.25) is 25.2 Å². The van der Waals surface area contributed by atoms with E-state index in [0.29, 0.717) is 6.61 Å². The summed E-state index contributed by atoms with van der Waals surface area (Å²) in [7, 11) is -3.34. The minimum Gasteiger partial charge on any atom is -0.415 e. The maximum atomic E-state index is 10.00. The zero-order valence-corrected chi connectivity index (χ0v) is 15.1. The molecule has 3 N–H and O–H groups in total. The zero-order chi connectivity index (χ0) is 15.6. The molecule has 0 aromatic rings. The minimum absolute atomic E-state index is 0.132. The molecule has 0 spiro atoms. The van der Waals surface area contributed by atoms with Gasteiger partial charge in [-0.05, 0) is 31.6 Å². The lowest BCUT2D eigenvalue weighted by atomic mass is 10.4. The molecule has 122 valence electrons. The van der Waals surface area contributed by atoms with E-state index in [4.69, 9.17) is 23.5 Å². The maximum absolute atomic E-state index is 10.00. The van der Waals surface area contributed by atoms with Crippen molar-refractivity contribution in [1.82, 2.24) is 0 Å². The van der Waals surface area contributed by atoms with E-state index in [1.54, 1.807) is 20.2 Å². The van der Waals surface area contributed by atoms with Gasteiger partial charge in [0.2, 0.25) is 0 Å². The SMILES string of the molecule is CCC[Si](CCCOCC(O)CO)(OC)O[Si](C)(C)O. The first-order chi connectivity index (χ1) is 9.28. The highest BCUT2D eigenvalue weighted by Gasteiger charge is 2.40. The second kappa shape index (κ2) is 10.0. The molecule has 0 amide bonds. The van der Waals surface area contributed by atoms with E-state index in [-0.39, 0.29) is 13.2 Å². The van der Waals surface area contributed by atoms with Crippen LogP contribution in [0.3, 0.4) is 0 Å². The van der Waals surface area contributed by atoms with Crippen molar-refractivity contribution in [3.63, 3.8) is 0 Å². The van der Waals surface area contributed by atoms with E-state index in [0.717, 1.165) is 24.9 Å². The van der Waals surface area contributed by atoms with E-state index in [1.807, 2.05) is 0 Å². The van der Waals surface area contributed by atoms with Crippen molar-refractivity contribution in [3.05, 3.63) is 0 Å². The average molecular weight is 327 g/mol. The number of hydrogen-bond acceptors (Lipinski definition) is 6. The number of aliphatic hydroxyl groups is 2. The molecule has 0 heterocycles. The van der Waals surface area contributed by atoms with Crippen LogP contribution in [0, 0.1) is 0 Å². The molecule has 0 aliphatic heterocycles. The van der Waals surface area contributed by atoms with Gasteiger partial charge in [0.25, 0.3) is 0 Å². The fourth-order valence-corrected chi connectivity index (χ4v) is 8.92. The molecule has 20 heavy (non-hydrogen) atoms. The molecule has 0 saturated carbocycles. The lowest BCUT2D eigenvalue weighted by Crippen LogP contribution is -2.50. The van der Waals surface area contributed by atoms with Gasteiger partial charge in [0.1, 0.15) is 6.10 Å². The lowest BCUT2D eigenvalue weighted by molar-refractivity contribution is 0.00614. The van der Waals surface area contributed by atoms with Gasteiger partial charge < -0.3 is 28.3 Å². The van der Waals surface area contributed by atoms with Crippen molar-refractivity contribution in [2.75, 3.05) is 26.9 Å². The fourth-order valence-electron chi connectivity index (χ4n) is 2.02. The summed E-state index contributed by atoms with van der Waals surface area (Å²) < 4.78 is 16.9. The van der Waals surface area contributed by atoms with E-state index in [1.165, 1.54) is 0 Å². The van der Waals surface area contributed by atoms with Gasteiger partial charge in [0.15, 0.2) is 0 Å². The van der Waals surface area contributed by atoms with Gasteiger partial charge in [-0.15, -0.1) is 0 Å². The summed E-state index contributed by atoms with van der Waals surface area (Å²) in [6, 6.07) is 1.60. The van der Waals surface area contributed by atoms with Crippen LogP contribution in [0.4, 0.5) is 0 Å². The number of hydrogen-bond donors (Lipinski definition) is 3. The molecule has 0 fully saturated rings. The Hall–Kier alpha value is 0.194. The highest BCUT2D eigenvalue weighted by molar-refractivity contribution is 6.79. The standard InChI is InChI=1S/C12H30O6Si2/c1-5-8-20(16-2,18-19(3,4)15)9-6-7-17-11-12(14)10-13/h12-15H,5-11H2,1-4H3. The summed E-state index contributed by atoms with van der Waals surface area (Å²) >= 11 is 0. The van der Waals surface area contributed by atoms with Gasteiger partial charge in [-0.2, -0.15) is 0 Å². The molecule has 0 aromatic heterocycles. The first-order valence-corrected chi connectivity index (χ1v) is 12.2. The van der Waals surface area contributed by atoms with Gasteiger partial charge in [-0.3, -0.25) is 0 Å². The highest BCUT2D eigenvalue weighted by Crippen LogP contribution is 2.25. The van der Waals surface area contributed by atoms with Crippen LogP contribution < -0.4 is 0 Å². The third kappa shape index (κ3) is 9.19. The largest absolute Gasteiger partial charge is 0.415 e. The Morgan fingerprint density at radius 3 is 2.30 bits per heavy atom. The quantitative estimate of drug-likeness (QED) is 0.366. The van der Waals surface area contributed by atoms with Crippen molar-refractivity contribution in [1.29, 1.82) is 0 Å². The van der Waals surface area contributed by atoms with Crippen molar-refractivity contribution >= 4 is 17.1 Å². The maximum Gasteiger partial charge on any atom is 0.329 e. The average Bonchev–Trinajstić information content (AvgIpc) is 2.36. The number of ether oxygens (including phenoxy) is 1. The zero-order valence-electron chi connectivity index (χ0n) is 13.1. The molecule has 2 unspecified atom stereocenters. The Balaban J connectivity index is 4.23. The third-order valence-corrected chi connectivity index (χ3v) is 9.41. The molecule has 6 nitrogen and oxygen atoms in total. The second-order valence-corrected chi connectivity index (χ2v) is 12.4. The van der Waals surface area contributed by atoms with Gasteiger partial charge in [0.05, 0.1) is 13.2 Å². The summed E-state index contributed by atoms with van der Waals surface area (Å²) in [6.45, 7) is 5.89. The first kappa shape index (κ1) is 20.2. The normalized spacial score (nSPS) is 16.9. The van der Waals surface area contributed by atoms with Crippen LogP contribution in [-0.4, -0.2) is 65.2 Å². The van der Waals surface area contributed by atoms with Crippen LogP contribution in [0.1, 0.15) is 19.8 Å². The van der Waals surface area contributed by atoms with Crippen LogP contribution in [0.15, 0.2) is 0 Å². The summed E-state index contributed by atoms with van der Waals surface area (Å²) in [6.07, 6.45) is 0.882. The van der Waals surface area contributed by atoms with Gasteiger partial charge in [0, 0.05) is 13.7 Å². The fraction of sp³-hybridized carbons (Fsp3) is 1.00. The smallest absolute Gasteiger partial charge is 0.329 e. The van der Waals surface area contributed by atoms with Crippen LogP contribution in [0.25, 0.3) is 0 Å². The van der Waals surface area contributed by atoms with Gasteiger partial charge in [-0.25, -0.2) is 0 Å². The van der Waals surface area contributed by atoms with Gasteiger partial charge >= 0.3 is 17.1 Å². The summed E-state index contributed by atoms with van der Waals surface area (Å²) in [5.41, 5.74) is 0. The first-order valence-electron chi connectivity index (χ1n) is 7.13. The summed E-state index contributed by atoms with van der Waals surface area (Å²) in [5.74, 6) is 0. The summed E-state index contributed by atoms with van der Waals surface area (Å²) in [5, 5.41) is 17.8. The summed E-state index contributed by atoms with van der Waals surface area (Å²) in [4.78, 5) is 10.00. The van der Waals surface area contributed by atoms with E-state index < -0.39 is 23.2 Å². The second-order valence-electron chi connectivity index (χ2n) is 5.43. The minimum atomic E-state index is -2.62. The molecule has 0 rings (SSSR count). The van der Waals surface area contributed by atoms with E-state index in [9.17, 15) is 4.80 Å². The van der Waals surface area contributed by atoms with Crippen LogP contribution >= 0.6 is 0 Å². The molecule has 0 aromatic carbocycles. The Bertz CT molecular complexity index is 249. The van der Waals surface area contributed by atoms with Gasteiger partial charge in [-0.1, -0.05) is 13.3 Å². The van der Waals surface area contributed by atoms with Crippen LogP contribution in [0.5, 0.6) is 0 Å². The van der Waals surface area contributed by atoms with E-state index >= 15 is 0 Å². The Morgan fingerprint density at radius 2 is 1.85 bits per heavy atom. The monoisotopic (exact) mass is 326 g/mol. The predicted octanol–water partition coefficient (Wildman–Crippen LogP) is 0.956. The molecule has 0 saturated heterocycles. The topological polar surface area (TPSA) is 88.4 Å². The number of aliphatic hydroxyl groups excluding tert-OH is 2. The van der Waals surface area contributed by atoms with Crippen molar-refractivity contribution in [2.45, 2.75) is 51.1 Å². The molecule has 0 bridgehead atoms. The highest BCUT2D eigenvalue weighted by atomic mass is 28.5. The Labute approximate surface area is 124 Å². The van der Waals surface area contributed by atoms with Crippen molar-refractivity contribution < 1.29 is 28.3 Å². The van der Waals surface area contributed by atoms with Crippen molar-refractivity contribution in [3.8, 4) is 0 Å². The molecule has 2 atom stereocenters. The Morgan fingerprint density at radius 1 is 1.20 bits per heavy atom. The molecule has 0 aliphatic carbocycles. The molecule has 8 heteroatoms. The molecular formula is C12H30O6Si2.